The van der Waals surface area contributed by atoms with Crippen molar-refractivity contribution in [3.63, 3.8) is 0 Å². The average molecular weight is 427 g/mol. The van der Waals surface area contributed by atoms with Crippen LogP contribution in [0.5, 0.6) is 0 Å². The molecule has 2 aromatic rings. The van der Waals surface area contributed by atoms with E-state index in [1.807, 2.05) is 0 Å². The highest BCUT2D eigenvalue weighted by Gasteiger charge is 2.30. The fourth-order valence-electron chi connectivity index (χ4n) is 2.91. The van der Waals surface area contributed by atoms with Gasteiger partial charge in [-0.1, -0.05) is 12.1 Å². The molecule has 0 spiro atoms. The molecule has 0 bridgehead atoms. The topological polar surface area (TPSA) is 71.5 Å². The zero-order valence-corrected chi connectivity index (χ0v) is 16.7. The smallest absolute Gasteiger partial charge is 0.378 e. The predicted molar refractivity (Wildman–Crippen MR) is 102 cm³/mol. The van der Waals surface area contributed by atoms with Crippen LogP contribution in [0, 0.1) is 6.92 Å². The van der Waals surface area contributed by atoms with Gasteiger partial charge in [-0.25, -0.2) is 4.98 Å². The maximum atomic E-state index is 12.7. The summed E-state index contributed by atoms with van der Waals surface area (Å²) in [5.74, 6) is -0.626. The molecule has 156 valence electrons. The monoisotopic (exact) mass is 427 g/mol. The maximum absolute atomic E-state index is 12.7. The molecule has 10 heteroatoms. The number of hydrogen-bond donors (Lipinski definition) is 1. The lowest BCUT2D eigenvalue weighted by molar-refractivity contribution is -0.138. The number of nitrogens with zero attached hydrogens (tertiary/aromatic N) is 2. The number of aromatic nitrogens is 1. The minimum atomic E-state index is -4.41. The summed E-state index contributed by atoms with van der Waals surface area (Å²) in [4.78, 5) is 31.3. The lowest BCUT2D eigenvalue weighted by Crippen LogP contribution is -2.50. The van der Waals surface area contributed by atoms with Gasteiger partial charge in [-0.2, -0.15) is 13.2 Å². The molecule has 1 saturated heterocycles. The van der Waals surface area contributed by atoms with Gasteiger partial charge in [0, 0.05) is 18.7 Å². The number of halogens is 3. The third-order valence-corrected chi connectivity index (χ3v) is 5.71. The first-order valence-corrected chi connectivity index (χ1v) is 9.81. The van der Waals surface area contributed by atoms with E-state index in [2.05, 4.69) is 10.3 Å². The molecule has 0 unspecified atom stereocenters. The average Bonchev–Trinajstić information content (AvgIpc) is 3.09. The SMILES string of the molecule is Cc1nc(-c2ccc(C(F)(F)F)cc2)sc1C(=O)N[C@H](C)C(=O)N1CCOCC1. The summed E-state index contributed by atoms with van der Waals surface area (Å²) < 4.78 is 43.4. The Bertz CT molecular complexity index is 890. The molecule has 2 heterocycles. The third-order valence-electron chi connectivity index (χ3n) is 4.50. The van der Waals surface area contributed by atoms with Crippen molar-refractivity contribution in [1.82, 2.24) is 15.2 Å². The van der Waals surface area contributed by atoms with Crippen LogP contribution in [0.25, 0.3) is 10.6 Å². The summed E-state index contributed by atoms with van der Waals surface area (Å²) in [6.45, 7) is 5.16. The summed E-state index contributed by atoms with van der Waals surface area (Å²) in [6.07, 6.45) is -4.41. The molecule has 1 aromatic carbocycles. The molecular weight excluding hydrogens is 407 g/mol. The van der Waals surface area contributed by atoms with Crippen molar-refractivity contribution in [3.05, 3.63) is 40.4 Å². The fraction of sp³-hybridized carbons (Fsp3) is 0.421. The van der Waals surface area contributed by atoms with E-state index in [4.69, 9.17) is 4.74 Å². The predicted octanol–water partition coefficient (Wildman–Crippen LogP) is 3.11. The van der Waals surface area contributed by atoms with Crippen molar-refractivity contribution in [2.24, 2.45) is 0 Å². The number of thiazole rings is 1. The van der Waals surface area contributed by atoms with Crippen molar-refractivity contribution in [2.45, 2.75) is 26.1 Å². The fourth-order valence-corrected chi connectivity index (χ4v) is 3.89. The van der Waals surface area contributed by atoms with Gasteiger partial charge in [-0.15, -0.1) is 11.3 Å². The molecule has 29 heavy (non-hydrogen) atoms. The summed E-state index contributed by atoms with van der Waals surface area (Å²) in [5, 5.41) is 3.12. The highest BCUT2D eigenvalue weighted by molar-refractivity contribution is 7.17. The molecule has 1 N–H and O–H groups in total. The van der Waals surface area contributed by atoms with Crippen molar-refractivity contribution in [1.29, 1.82) is 0 Å². The first-order chi connectivity index (χ1) is 13.7. The number of carbonyl (C=O) groups is 2. The molecule has 1 fully saturated rings. The molecule has 0 aliphatic carbocycles. The zero-order valence-electron chi connectivity index (χ0n) is 15.9. The Morgan fingerprint density at radius 1 is 1.21 bits per heavy atom. The van der Waals surface area contributed by atoms with Gasteiger partial charge >= 0.3 is 6.18 Å². The van der Waals surface area contributed by atoms with E-state index in [1.165, 1.54) is 12.1 Å². The van der Waals surface area contributed by atoms with Crippen LogP contribution in [0.15, 0.2) is 24.3 Å². The second-order valence-electron chi connectivity index (χ2n) is 6.64. The summed E-state index contributed by atoms with van der Waals surface area (Å²) in [5.41, 5.74) is 0.193. The van der Waals surface area contributed by atoms with Crippen LogP contribution < -0.4 is 5.32 Å². The van der Waals surface area contributed by atoms with Crippen LogP contribution >= 0.6 is 11.3 Å². The van der Waals surface area contributed by atoms with Gasteiger partial charge in [0.2, 0.25) is 5.91 Å². The summed E-state index contributed by atoms with van der Waals surface area (Å²) in [7, 11) is 0. The van der Waals surface area contributed by atoms with Crippen molar-refractivity contribution < 1.29 is 27.5 Å². The van der Waals surface area contributed by atoms with Crippen molar-refractivity contribution in [2.75, 3.05) is 26.3 Å². The molecule has 6 nitrogen and oxygen atoms in total. The molecule has 1 aliphatic heterocycles. The Hall–Kier alpha value is -2.46. The largest absolute Gasteiger partial charge is 0.416 e. The molecule has 2 amide bonds. The number of benzene rings is 1. The second kappa shape index (κ2) is 8.50. The number of hydrogen-bond acceptors (Lipinski definition) is 5. The van der Waals surface area contributed by atoms with Crippen LogP contribution in [0.3, 0.4) is 0 Å². The highest BCUT2D eigenvalue weighted by Crippen LogP contribution is 2.33. The lowest BCUT2D eigenvalue weighted by Gasteiger charge is -2.29. The van der Waals surface area contributed by atoms with Gasteiger partial charge in [0.25, 0.3) is 5.91 Å². The minimum Gasteiger partial charge on any atom is -0.378 e. The van der Waals surface area contributed by atoms with E-state index in [-0.39, 0.29) is 5.91 Å². The minimum absolute atomic E-state index is 0.188. The van der Waals surface area contributed by atoms with E-state index in [1.54, 1.807) is 18.7 Å². The normalized spacial score (nSPS) is 15.8. The maximum Gasteiger partial charge on any atom is 0.416 e. The van der Waals surface area contributed by atoms with Crippen molar-refractivity contribution >= 4 is 23.2 Å². The number of amides is 2. The standard InChI is InChI=1S/C19H20F3N3O3S/c1-11-15(16(26)23-12(2)18(27)25-7-9-28-10-8-25)29-17(24-11)13-3-5-14(6-4-13)19(20,21)22/h3-6,12H,7-10H2,1-2H3,(H,23,26)/t12-/m1/s1. The van der Waals surface area contributed by atoms with E-state index in [0.717, 1.165) is 23.5 Å². The van der Waals surface area contributed by atoms with E-state index in [9.17, 15) is 22.8 Å². The number of nitrogens with one attached hydrogen (secondary N) is 1. The number of alkyl halides is 3. The van der Waals surface area contributed by atoms with Crippen LogP contribution in [0.2, 0.25) is 0 Å². The summed E-state index contributed by atoms with van der Waals surface area (Å²) in [6, 6.07) is 3.90. The van der Waals surface area contributed by atoms with E-state index < -0.39 is 23.7 Å². The number of carbonyl (C=O) groups excluding carboxylic acids is 2. The molecule has 1 atom stereocenters. The number of ether oxygens (including phenoxy) is 1. The first kappa shape index (κ1) is 21.3. The molecule has 0 saturated carbocycles. The summed E-state index contributed by atoms with van der Waals surface area (Å²) >= 11 is 1.07. The lowest BCUT2D eigenvalue weighted by atomic mass is 10.1. The Balaban J connectivity index is 1.70. The third kappa shape index (κ3) is 4.94. The van der Waals surface area contributed by atoms with Gasteiger partial charge in [-0.05, 0) is 26.0 Å². The van der Waals surface area contributed by atoms with Gasteiger partial charge in [0.15, 0.2) is 0 Å². The quantitative estimate of drug-likeness (QED) is 0.814. The van der Waals surface area contributed by atoms with Gasteiger partial charge in [0.05, 0.1) is 24.5 Å². The number of morpholine rings is 1. The first-order valence-electron chi connectivity index (χ1n) is 8.99. The van der Waals surface area contributed by atoms with Gasteiger partial charge in [-0.3, -0.25) is 9.59 Å². The second-order valence-corrected chi connectivity index (χ2v) is 7.64. The van der Waals surface area contributed by atoms with Crippen LogP contribution in [-0.4, -0.2) is 54.0 Å². The molecule has 1 aliphatic rings. The molecular formula is C19H20F3N3O3S. The Kier molecular flexibility index (Phi) is 6.23. The zero-order chi connectivity index (χ0) is 21.2. The van der Waals surface area contributed by atoms with Crippen LogP contribution in [0.4, 0.5) is 13.2 Å². The number of rotatable bonds is 4. The Labute approximate surface area is 169 Å². The Morgan fingerprint density at radius 2 is 1.83 bits per heavy atom. The molecule has 1 aromatic heterocycles. The van der Waals surface area contributed by atoms with Crippen LogP contribution in [0.1, 0.15) is 27.9 Å². The Morgan fingerprint density at radius 3 is 2.41 bits per heavy atom. The van der Waals surface area contributed by atoms with Gasteiger partial charge < -0.3 is 15.0 Å². The molecule has 3 rings (SSSR count). The highest BCUT2D eigenvalue weighted by atomic mass is 32.1. The van der Waals surface area contributed by atoms with Gasteiger partial charge in [0.1, 0.15) is 15.9 Å². The van der Waals surface area contributed by atoms with E-state index in [0.29, 0.717) is 47.4 Å². The van der Waals surface area contributed by atoms with E-state index >= 15 is 0 Å². The number of aryl methyl sites for hydroxylation is 1. The van der Waals surface area contributed by atoms with Crippen LogP contribution in [-0.2, 0) is 15.7 Å². The van der Waals surface area contributed by atoms with Crippen molar-refractivity contribution in [3.8, 4) is 10.6 Å². The molecule has 0 radical (unpaired) electrons.